The summed E-state index contributed by atoms with van der Waals surface area (Å²) in [6.07, 6.45) is 5.40. The summed E-state index contributed by atoms with van der Waals surface area (Å²) in [5, 5.41) is 2.97. The van der Waals surface area contributed by atoms with Crippen LogP contribution in [0.5, 0.6) is 0 Å². The highest BCUT2D eigenvalue weighted by Gasteiger charge is 2.50. The minimum atomic E-state index is -0.383. The van der Waals surface area contributed by atoms with Crippen LogP contribution in [-0.2, 0) is 9.59 Å². The molecule has 2 amide bonds. The van der Waals surface area contributed by atoms with Gasteiger partial charge in [-0.3, -0.25) is 9.59 Å². The molecule has 0 aromatic carbocycles. The molecule has 1 aliphatic carbocycles. The van der Waals surface area contributed by atoms with E-state index in [9.17, 15) is 9.59 Å². The summed E-state index contributed by atoms with van der Waals surface area (Å²) in [6.45, 7) is 8.92. The minimum absolute atomic E-state index is 0.0588. The average Bonchev–Trinajstić information content (AvgIpc) is 3.16. The van der Waals surface area contributed by atoms with Gasteiger partial charge in [0.25, 0.3) is 0 Å². The van der Waals surface area contributed by atoms with Crippen LogP contribution in [0.15, 0.2) is 0 Å². The van der Waals surface area contributed by atoms with E-state index in [1.54, 1.807) is 0 Å². The van der Waals surface area contributed by atoms with Gasteiger partial charge in [-0.15, -0.1) is 0 Å². The molecule has 2 atom stereocenters. The minimum Gasteiger partial charge on any atom is -0.342 e. The maximum Gasteiger partial charge on any atom is 0.246 e. The Hall–Kier alpha value is -1.06. The molecule has 0 spiro atoms. The summed E-state index contributed by atoms with van der Waals surface area (Å²) in [7, 11) is 0. The fourth-order valence-electron chi connectivity index (χ4n) is 2.98. The van der Waals surface area contributed by atoms with E-state index in [-0.39, 0.29) is 29.3 Å². The van der Waals surface area contributed by atoms with Gasteiger partial charge in [0, 0.05) is 6.54 Å². The normalized spacial score (nSPS) is 27.7. The van der Waals surface area contributed by atoms with Crippen molar-refractivity contribution in [3.63, 3.8) is 0 Å². The molecule has 1 heterocycles. The molecular formula is C16H28N2O2. The maximum absolute atomic E-state index is 12.8. The van der Waals surface area contributed by atoms with E-state index >= 15 is 0 Å². The molecule has 0 aromatic heterocycles. The Morgan fingerprint density at radius 1 is 1.20 bits per heavy atom. The highest BCUT2D eigenvalue weighted by Crippen LogP contribution is 2.38. The molecule has 2 rings (SSSR count). The zero-order valence-electron chi connectivity index (χ0n) is 13.2. The highest BCUT2D eigenvalue weighted by atomic mass is 16.2. The lowest BCUT2D eigenvalue weighted by Crippen LogP contribution is -2.67. The Balaban J connectivity index is 2.15. The van der Waals surface area contributed by atoms with Gasteiger partial charge in [-0.05, 0) is 30.6 Å². The highest BCUT2D eigenvalue weighted by molar-refractivity contribution is 5.97. The van der Waals surface area contributed by atoms with Crippen molar-refractivity contribution in [2.45, 2.75) is 71.9 Å². The van der Waals surface area contributed by atoms with Crippen LogP contribution in [0.3, 0.4) is 0 Å². The number of amides is 2. The summed E-state index contributed by atoms with van der Waals surface area (Å²) in [4.78, 5) is 27.1. The van der Waals surface area contributed by atoms with Crippen molar-refractivity contribution in [1.82, 2.24) is 10.2 Å². The third-order valence-corrected chi connectivity index (χ3v) is 4.36. The summed E-state index contributed by atoms with van der Waals surface area (Å²) < 4.78 is 0. The van der Waals surface area contributed by atoms with E-state index in [1.807, 2.05) is 25.7 Å². The van der Waals surface area contributed by atoms with Crippen LogP contribution in [0.2, 0.25) is 0 Å². The molecule has 114 valence electrons. The first kappa shape index (κ1) is 15.3. The molecule has 0 radical (unpaired) electrons. The number of rotatable bonds is 5. The smallest absolute Gasteiger partial charge is 0.246 e. The van der Waals surface area contributed by atoms with Gasteiger partial charge in [-0.1, -0.05) is 40.5 Å². The molecule has 1 N–H and O–H groups in total. The molecule has 1 saturated heterocycles. The van der Waals surface area contributed by atoms with Crippen molar-refractivity contribution in [1.29, 1.82) is 0 Å². The lowest BCUT2D eigenvalue weighted by molar-refractivity contribution is -0.153. The molecule has 1 aliphatic heterocycles. The molecule has 2 unspecified atom stereocenters. The fourth-order valence-corrected chi connectivity index (χ4v) is 2.98. The number of hydrogen-bond acceptors (Lipinski definition) is 2. The molecule has 4 nitrogen and oxygen atoms in total. The summed E-state index contributed by atoms with van der Waals surface area (Å²) in [5.74, 6) is 0.565. The van der Waals surface area contributed by atoms with Gasteiger partial charge < -0.3 is 10.2 Å². The second kappa shape index (κ2) is 5.74. The number of unbranched alkanes of at least 4 members (excludes halogenated alkanes) is 2. The van der Waals surface area contributed by atoms with Crippen molar-refractivity contribution < 1.29 is 9.59 Å². The Labute approximate surface area is 122 Å². The Kier molecular flexibility index (Phi) is 4.40. The largest absolute Gasteiger partial charge is 0.342 e. The predicted molar refractivity (Wildman–Crippen MR) is 79.1 cm³/mol. The zero-order valence-corrected chi connectivity index (χ0v) is 13.2. The number of nitrogens with zero attached hydrogens (tertiary/aromatic N) is 1. The predicted octanol–water partition coefficient (Wildman–Crippen LogP) is 2.33. The van der Waals surface area contributed by atoms with Gasteiger partial charge in [0.05, 0.1) is 0 Å². The molecule has 4 heteroatoms. The van der Waals surface area contributed by atoms with Gasteiger partial charge in [0.2, 0.25) is 11.8 Å². The van der Waals surface area contributed by atoms with Crippen molar-refractivity contribution in [2.75, 3.05) is 6.54 Å². The van der Waals surface area contributed by atoms with Crippen molar-refractivity contribution in [2.24, 2.45) is 11.3 Å². The monoisotopic (exact) mass is 280 g/mol. The first-order chi connectivity index (χ1) is 9.36. The van der Waals surface area contributed by atoms with Crippen LogP contribution in [0.1, 0.15) is 59.8 Å². The lowest BCUT2D eigenvalue weighted by atomic mass is 9.83. The quantitative estimate of drug-likeness (QED) is 0.786. The van der Waals surface area contributed by atoms with E-state index in [1.165, 1.54) is 0 Å². The molecule has 0 aromatic rings. The van der Waals surface area contributed by atoms with E-state index < -0.39 is 0 Å². The molecule has 2 aliphatic rings. The van der Waals surface area contributed by atoms with E-state index in [0.717, 1.165) is 38.6 Å². The molecule has 1 saturated carbocycles. The summed E-state index contributed by atoms with van der Waals surface area (Å²) >= 11 is 0. The third kappa shape index (κ3) is 3.15. The number of nitrogens with one attached hydrogen (secondary N) is 1. The van der Waals surface area contributed by atoms with Crippen LogP contribution in [0, 0.1) is 11.3 Å². The second-order valence-corrected chi connectivity index (χ2v) is 7.33. The fraction of sp³-hybridized carbons (Fsp3) is 0.875. The van der Waals surface area contributed by atoms with Crippen molar-refractivity contribution in [3.8, 4) is 0 Å². The molecular weight excluding hydrogens is 252 g/mol. The second-order valence-electron chi connectivity index (χ2n) is 7.33. The van der Waals surface area contributed by atoms with Crippen molar-refractivity contribution in [3.05, 3.63) is 0 Å². The van der Waals surface area contributed by atoms with Gasteiger partial charge in [0.15, 0.2) is 0 Å². The van der Waals surface area contributed by atoms with Crippen LogP contribution in [0.25, 0.3) is 0 Å². The molecule has 0 bridgehead atoms. The van der Waals surface area contributed by atoms with E-state index in [2.05, 4.69) is 12.2 Å². The zero-order chi connectivity index (χ0) is 14.9. The first-order valence-corrected chi connectivity index (χ1v) is 7.97. The van der Waals surface area contributed by atoms with Crippen molar-refractivity contribution >= 4 is 11.8 Å². The van der Waals surface area contributed by atoms with Gasteiger partial charge in [-0.2, -0.15) is 0 Å². The third-order valence-electron chi connectivity index (χ3n) is 4.36. The standard InChI is InChI=1S/C16H28N2O2/c1-5-6-7-10-18-12(11-8-9-11)14(19)17-13(15(18)20)16(2,3)4/h11-13H,5-10H2,1-4H3,(H,17,19). The van der Waals surface area contributed by atoms with Crippen LogP contribution in [0.4, 0.5) is 0 Å². The van der Waals surface area contributed by atoms with Crippen LogP contribution < -0.4 is 5.32 Å². The van der Waals surface area contributed by atoms with E-state index in [4.69, 9.17) is 0 Å². The lowest BCUT2D eigenvalue weighted by Gasteiger charge is -2.43. The number of carbonyl (C=O) groups excluding carboxylic acids is 2. The maximum atomic E-state index is 12.8. The molecule has 20 heavy (non-hydrogen) atoms. The van der Waals surface area contributed by atoms with Gasteiger partial charge in [0.1, 0.15) is 12.1 Å². The summed E-state index contributed by atoms with van der Waals surface area (Å²) in [5.41, 5.74) is -0.232. The molecule has 2 fully saturated rings. The van der Waals surface area contributed by atoms with E-state index in [0.29, 0.717) is 5.92 Å². The van der Waals surface area contributed by atoms with Gasteiger partial charge >= 0.3 is 0 Å². The Morgan fingerprint density at radius 2 is 1.85 bits per heavy atom. The topological polar surface area (TPSA) is 49.4 Å². The number of carbonyl (C=O) groups is 2. The van der Waals surface area contributed by atoms with Crippen LogP contribution >= 0.6 is 0 Å². The van der Waals surface area contributed by atoms with Crippen LogP contribution in [-0.4, -0.2) is 35.3 Å². The number of piperazine rings is 1. The summed E-state index contributed by atoms with van der Waals surface area (Å²) in [6, 6.07) is -0.593. The average molecular weight is 280 g/mol. The Bertz CT molecular complexity index is 382. The SMILES string of the molecule is CCCCCN1C(=O)C(C(C)(C)C)NC(=O)C1C1CC1. The van der Waals surface area contributed by atoms with Gasteiger partial charge in [-0.25, -0.2) is 0 Å². The Morgan fingerprint density at radius 3 is 2.35 bits per heavy atom. The first-order valence-electron chi connectivity index (χ1n) is 7.97. The number of hydrogen-bond donors (Lipinski definition) is 1.